The van der Waals surface area contributed by atoms with Crippen LogP contribution >= 0.6 is 0 Å². The molecule has 3 atom stereocenters. The summed E-state index contributed by atoms with van der Waals surface area (Å²) in [6, 6.07) is 19.5. The van der Waals surface area contributed by atoms with Crippen LogP contribution in [0.5, 0.6) is 0 Å². The largest absolute Gasteiger partial charge is 0.459 e. The third-order valence-electron chi connectivity index (χ3n) is 6.16. The van der Waals surface area contributed by atoms with Gasteiger partial charge in [0, 0.05) is 6.54 Å². The van der Waals surface area contributed by atoms with E-state index in [0.29, 0.717) is 13.0 Å². The van der Waals surface area contributed by atoms with Crippen LogP contribution in [0.2, 0.25) is 0 Å². The minimum Gasteiger partial charge on any atom is -0.459 e. The lowest BCUT2D eigenvalue weighted by molar-refractivity contribution is -0.171. The molecule has 0 bridgehead atoms. The maximum atomic E-state index is 13.7. The van der Waals surface area contributed by atoms with Crippen LogP contribution in [0.3, 0.4) is 0 Å². The highest BCUT2D eigenvalue weighted by Crippen LogP contribution is 2.45. The van der Waals surface area contributed by atoms with Gasteiger partial charge in [0.2, 0.25) is 5.91 Å². The van der Waals surface area contributed by atoms with Crippen LogP contribution in [0.15, 0.2) is 73.3 Å². The number of ether oxygens (including phenoxy) is 2. The fourth-order valence-electron chi connectivity index (χ4n) is 4.40. The third kappa shape index (κ3) is 5.72. The number of likely N-dealkylation sites (tertiary alicyclic amines) is 1. The van der Waals surface area contributed by atoms with Gasteiger partial charge in [0.05, 0.1) is 25.2 Å². The zero-order valence-electron chi connectivity index (χ0n) is 20.1. The van der Waals surface area contributed by atoms with Crippen LogP contribution in [0, 0.1) is 11.3 Å². The molecule has 0 N–H and O–H groups in total. The summed E-state index contributed by atoms with van der Waals surface area (Å²) in [6.07, 6.45) is 2.04. The summed E-state index contributed by atoms with van der Waals surface area (Å²) < 4.78 is 11.8. The second kappa shape index (κ2) is 10.3. The van der Waals surface area contributed by atoms with Gasteiger partial charge in [-0.05, 0) is 45.2 Å². The molecule has 1 fully saturated rings. The molecule has 1 heterocycles. The minimum absolute atomic E-state index is 0.0906. The number of amides is 1. The van der Waals surface area contributed by atoms with E-state index in [4.69, 9.17) is 9.47 Å². The molecule has 0 unspecified atom stereocenters. The number of benzene rings is 2. The Morgan fingerprint density at radius 2 is 1.76 bits per heavy atom. The Kier molecular flexibility index (Phi) is 7.75. The lowest BCUT2D eigenvalue weighted by Crippen LogP contribution is -2.45. The van der Waals surface area contributed by atoms with Gasteiger partial charge in [0.25, 0.3) is 0 Å². The van der Waals surface area contributed by atoms with Gasteiger partial charge in [-0.1, -0.05) is 66.7 Å². The topological polar surface area (TPSA) is 55.8 Å². The third-order valence-corrected chi connectivity index (χ3v) is 6.16. The van der Waals surface area contributed by atoms with Crippen LogP contribution in [0.1, 0.15) is 51.3 Å². The first-order valence-electron chi connectivity index (χ1n) is 11.5. The van der Waals surface area contributed by atoms with E-state index in [1.54, 1.807) is 11.0 Å². The fourth-order valence-corrected chi connectivity index (χ4v) is 4.40. The SMILES string of the molecule is C=CC[C@@]1(C(=O)OC(C)(C)C)CN([C@H](C)c2ccccc2)C(=O)[C@H]1COCc1ccccc1. The van der Waals surface area contributed by atoms with Crippen molar-refractivity contribution in [2.45, 2.75) is 52.4 Å². The van der Waals surface area contributed by atoms with Gasteiger partial charge >= 0.3 is 5.97 Å². The van der Waals surface area contributed by atoms with Gasteiger partial charge in [-0.25, -0.2) is 0 Å². The Morgan fingerprint density at radius 3 is 2.33 bits per heavy atom. The predicted molar refractivity (Wildman–Crippen MR) is 129 cm³/mol. The number of rotatable bonds is 9. The molecule has 0 saturated carbocycles. The first-order valence-corrected chi connectivity index (χ1v) is 11.5. The van der Waals surface area contributed by atoms with E-state index in [9.17, 15) is 9.59 Å². The van der Waals surface area contributed by atoms with Crippen molar-refractivity contribution in [2.24, 2.45) is 11.3 Å². The number of hydrogen-bond donors (Lipinski definition) is 0. The molecule has 1 amide bonds. The molecule has 2 aromatic rings. The Bertz CT molecular complexity index is 951. The second-order valence-electron chi connectivity index (χ2n) is 9.76. The molecule has 2 aromatic carbocycles. The number of allylic oxidation sites excluding steroid dienone is 1. The van der Waals surface area contributed by atoms with E-state index in [1.165, 1.54) is 0 Å². The van der Waals surface area contributed by atoms with Gasteiger partial charge in [-0.2, -0.15) is 0 Å². The predicted octanol–water partition coefficient (Wildman–Crippen LogP) is 5.33. The molecule has 5 heteroatoms. The van der Waals surface area contributed by atoms with Crippen LogP contribution < -0.4 is 0 Å². The second-order valence-corrected chi connectivity index (χ2v) is 9.76. The van der Waals surface area contributed by atoms with Crippen molar-refractivity contribution < 1.29 is 19.1 Å². The number of esters is 1. The molecule has 0 radical (unpaired) electrons. The molecule has 176 valence electrons. The van der Waals surface area contributed by atoms with E-state index < -0.39 is 16.9 Å². The molecular formula is C28H35NO4. The summed E-state index contributed by atoms with van der Waals surface area (Å²) in [7, 11) is 0. The Morgan fingerprint density at radius 1 is 1.15 bits per heavy atom. The highest BCUT2D eigenvalue weighted by molar-refractivity contribution is 5.92. The first-order chi connectivity index (χ1) is 15.7. The Balaban J connectivity index is 1.91. The normalized spacial score (nSPS) is 21.6. The summed E-state index contributed by atoms with van der Waals surface area (Å²) in [5, 5.41) is 0. The standard InChI is InChI=1S/C28H35NO4/c1-6-17-28(26(31)33-27(3,4)5)20-29(21(2)23-15-11-8-12-16-23)25(30)24(28)19-32-18-22-13-9-7-10-14-22/h6-16,21,24H,1,17-20H2,2-5H3/t21-,24-,28-/m1/s1. The van der Waals surface area contributed by atoms with Crippen LogP contribution in [0.4, 0.5) is 0 Å². The number of nitrogens with zero attached hydrogens (tertiary/aromatic N) is 1. The van der Waals surface area contributed by atoms with Crippen molar-refractivity contribution in [3.05, 3.63) is 84.4 Å². The molecule has 33 heavy (non-hydrogen) atoms. The summed E-state index contributed by atoms with van der Waals surface area (Å²) in [4.78, 5) is 29.1. The molecular weight excluding hydrogens is 414 g/mol. The highest BCUT2D eigenvalue weighted by atomic mass is 16.6. The Hall–Kier alpha value is -2.92. The summed E-state index contributed by atoms with van der Waals surface area (Å²) in [5.74, 6) is -1.12. The number of hydrogen-bond acceptors (Lipinski definition) is 4. The number of carbonyl (C=O) groups is 2. The average molecular weight is 450 g/mol. The van der Waals surface area contributed by atoms with Gasteiger partial charge in [-0.15, -0.1) is 6.58 Å². The molecule has 1 aliphatic rings. The monoisotopic (exact) mass is 449 g/mol. The van der Waals surface area contributed by atoms with Crippen molar-refractivity contribution in [3.63, 3.8) is 0 Å². The van der Waals surface area contributed by atoms with Gasteiger partial charge in [0.15, 0.2) is 0 Å². The lowest BCUT2D eigenvalue weighted by Gasteiger charge is -2.34. The van der Waals surface area contributed by atoms with Crippen molar-refractivity contribution >= 4 is 11.9 Å². The van der Waals surface area contributed by atoms with E-state index in [0.717, 1.165) is 11.1 Å². The molecule has 1 aliphatic heterocycles. The summed E-state index contributed by atoms with van der Waals surface area (Å²) in [6.45, 7) is 12.2. The molecule has 3 rings (SSSR count). The van der Waals surface area contributed by atoms with Crippen LogP contribution in [-0.4, -0.2) is 35.5 Å². The molecule has 0 aliphatic carbocycles. The first kappa shape index (κ1) is 24.7. The summed E-state index contributed by atoms with van der Waals surface area (Å²) in [5.41, 5.74) is 0.325. The molecule has 5 nitrogen and oxygen atoms in total. The van der Waals surface area contributed by atoms with Gasteiger partial charge in [0.1, 0.15) is 11.0 Å². The molecule has 1 saturated heterocycles. The van der Waals surface area contributed by atoms with E-state index >= 15 is 0 Å². The van der Waals surface area contributed by atoms with Gasteiger partial charge in [-0.3, -0.25) is 9.59 Å². The summed E-state index contributed by atoms with van der Waals surface area (Å²) >= 11 is 0. The number of carbonyl (C=O) groups excluding carboxylic acids is 2. The maximum absolute atomic E-state index is 13.7. The van der Waals surface area contributed by atoms with Crippen molar-refractivity contribution in [1.29, 1.82) is 0 Å². The average Bonchev–Trinajstić information content (AvgIpc) is 3.06. The Labute approximate surface area is 197 Å². The zero-order valence-corrected chi connectivity index (χ0v) is 20.1. The van der Waals surface area contributed by atoms with Crippen molar-refractivity contribution in [2.75, 3.05) is 13.2 Å². The lowest BCUT2D eigenvalue weighted by atomic mass is 9.75. The molecule has 0 aromatic heterocycles. The van der Waals surface area contributed by atoms with E-state index in [-0.39, 0.29) is 31.1 Å². The smallest absolute Gasteiger partial charge is 0.315 e. The quantitative estimate of drug-likeness (QED) is 0.384. The molecule has 0 spiro atoms. The van der Waals surface area contributed by atoms with Crippen molar-refractivity contribution in [3.8, 4) is 0 Å². The van der Waals surface area contributed by atoms with E-state index in [1.807, 2.05) is 88.4 Å². The highest BCUT2D eigenvalue weighted by Gasteiger charge is 2.58. The maximum Gasteiger partial charge on any atom is 0.315 e. The van der Waals surface area contributed by atoms with E-state index in [2.05, 4.69) is 6.58 Å². The zero-order chi connectivity index (χ0) is 24.1. The van der Waals surface area contributed by atoms with Crippen LogP contribution in [0.25, 0.3) is 0 Å². The van der Waals surface area contributed by atoms with Crippen LogP contribution in [-0.2, 0) is 25.7 Å². The minimum atomic E-state index is -1.05. The fraction of sp³-hybridized carbons (Fsp3) is 0.429. The van der Waals surface area contributed by atoms with Gasteiger partial charge < -0.3 is 14.4 Å². The van der Waals surface area contributed by atoms with Crippen molar-refractivity contribution in [1.82, 2.24) is 4.90 Å².